The number of benzene rings is 2. The minimum absolute atomic E-state index is 0.141. The van der Waals surface area contributed by atoms with Crippen LogP contribution in [0.1, 0.15) is 28.3 Å². The molecule has 0 bridgehead atoms. The monoisotopic (exact) mass is 301 g/mol. The van der Waals surface area contributed by atoms with Crippen LogP contribution in [0, 0.1) is 0 Å². The Hall–Kier alpha value is -2.00. The molecular formula is C17H16ClNO2. The van der Waals surface area contributed by atoms with Gasteiger partial charge in [0.05, 0.1) is 12.7 Å². The number of rotatable bonds is 4. The molecule has 2 unspecified atom stereocenters. The van der Waals surface area contributed by atoms with E-state index in [0.29, 0.717) is 22.3 Å². The van der Waals surface area contributed by atoms with E-state index in [1.807, 2.05) is 18.2 Å². The molecule has 2 aromatic rings. The smallest absolute Gasteiger partial charge is 0.255 e. The maximum atomic E-state index is 12.4. The Bertz CT molecular complexity index is 657. The first-order valence-corrected chi connectivity index (χ1v) is 7.26. The van der Waals surface area contributed by atoms with Gasteiger partial charge >= 0.3 is 0 Å². The number of amides is 1. The normalized spacial score (nSPS) is 19.9. The van der Waals surface area contributed by atoms with Crippen molar-refractivity contribution in [3.05, 3.63) is 64.7 Å². The second-order valence-corrected chi connectivity index (χ2v) is 5.61. The van der Waals surface area contributed by atoms with Gasteiger partial charge in [0.25, 0.3) is 5.91 Å². The van der Waals surface area contributed by atoms with Crippen molar-refractivity contribution in [2.45, 2.75) is 18.4 Å². The highest BCUT2D eigenvalue weighted by Crippen LogP contribution is 2.41. The Labute approximate surface area is 128 Å². The van der Waals surface area contributed by atoms with Crippen LogP contribution in [0.3, 0.4) is 0 Å². The molecule has 1 amide bonds. The van der Waals surface area contributed by atoms with Gasteiger partial charge in [0.1, 0.15) is 5.75 Å². The number of nitrogens with one attached hydrogen (secondary N) is 1. The van der Waals surface area contributed by atoms with E-state index in [1.165, 1.54) is 5.56 Å². The van der Waals surface area contributed by atoms with Crippen molar-refractivity contribution in [1.29, 1.82) is 0 Å². The van der Waals surface area contributed by atoms with Crippen LogP contribution < -0.4 is 10.1 Å². The van der Waals surface area contributed by atoms with Crippen LogP contribution in [0.2, 0.25) is 5.02 Å². The molecule has 3 nitrogen and oxygen atoms in total. The molecular weight excluding hydrogens is 286 g/mol. The molecule has 0 saturated heterocycles. The average Bonchev–Trinajstić information content (AvgIpc) is 3.27. The zero-order valence-electron chi connectivity index (χ0n) is 11.7. The summed E-state index contributed by atoms with van der Waals surface area (Å²) in [7, 11) is 1.55. The number of hydrogen-bond donors (Lipinski definition) is 1. The molecule has 2 aromatic carbocycles. The molecule has 0 radical (unpaired) electrons. The molecule has 21 heavy (non-hydrogen) atoms. The lowest BCUT2D eigenvalue weighted by molar-refractivity contribution is 0.0947. The van der Waals surface area contributed by atoms with E-state index in [2.05, 4.69) is 17.4 Å². The molecule has 4 heteroatoms. The lowest BCUT2D eigenvalue weighted by Crippen LogP contribution is -2.27. The van der Waals surface area contributed by atoms with Gasteiger partial charge in [-0.3, -0.25) is 4.79 Å². The van der Waals surface area contributed by atoms with Gasteiger partial charge in [0, 0.05) is 17.0 Å². The topological polar surface area (TPSA) is 38.3 Å². The number of carbonyl (C=O) groups excluding carboxylic acids is 1. The summed E-state index contributed by atoms with van der Waals surface area (Å²) in [6.07, 6.45) is 0.971. The summed E-state index contributed by atoms with van der Waals surface area (Å²) in [6.45, 7) is 0. The predicted octanol–water partition coefficient (Wildman–Crippen LogP) is 3.63. The SMILES string of the molecule is COc1ccc(Cl)cc1C(=O)NC1CC1c1ccccc1. The van der Waals surface area contributed by atoms with Gasteiger partial charge in [0.15, 0.2) is 0 Å². The van der Waals surface area contributed by atoms with Crippen molar-refractivity contribution in [2.75, 3.05) is 7.11 Å². The van der Waals surface area contributed by atoms with Crippen LogP contribution in [0.25, 0.3) is 0 Å². The molecule has 1 aliphatic carbocycles. The second-order valence-electron chi connectivity index (χ2n) is 5.18. The van der Waals surface area contributed by atoms with Crippen LogP contribution in [-0.2, 0) is 0 Å². The summed E-state index contributed by atoms with van der Waals surface area (Å²) in [4.78, 5) is 12.4. The first-order chi connectivity index (χ1) is 10.2. The van der Waals surface area contributed by atoms with Crippen LogP contribution in [0.15, 0.2) is 48.5 Å². The highest BCUT2D eigenvalue weighted by Gasteiger charge is 2.39. The van der Waals surface area contributed by atoms with Gasteiger partial charge in [-0.25, -0.2) is 0 Å². The van der Waals surface area contributed by atoms with Crippen molar-refractivity contribution in [1.82, 2.24) is 5.32 Å². The zero-order chi connectivity index (χ0) is 14.8. The van der Waals surface area contributed by atoms with Crippen LogP contribution in [0.5, 0.6) is 5.75 Å². The van der Waals surface area contributed by atoms with Gasteiger partial charge < -0.3 is 10.1 Å². The summed E-state index contributed by atoms with van der Waals surface area (Å²) < 4.78 is 5.22. The summed E-state index contributed by atoms with van der Waals surface area (Å²) in [6, 6.07) is 15.5. The Morgan fingerprint density at radius 3 is 2.71 bits per heavy atom. The van der Waals surface area contributed by atoms with E-state index in [-0.39, 0.29) is 11.9 Å². The summed E-state index contributed by atoms with van der Waals surface area (Å²) in [5.74, 6) is 0.798. The second kappa shape index (κ2) is 5.78. The third-order valence-electron chi connectivity index (χ3n) is 3.74. The van der Waals surface area contributed by atoms with E-state index in [1.54, 1.807) is 25.3 Å². The quantitative estimate of drug-likeness (QED) is 0.936. The van der Waals surface area contributed by atoms with Crippen LogP contribution in [0.4, 0.5) is 0 Å². The minimum atomic E-state index is -0.141. The Morgan fingerprint density at radius 1 is 1.24 bits per heavy atom. The number of halogens is 1. The van der Waals surface area contributed by atoms with E-state index in [0.717, 1.165) is 6.42 Å². The third kappa shape index (κ3) is 3.03. The molecule has 108 valence electrons. The Morgan fingerprint density at radius 2 is 2.00 bits per heavy atom. The van der Waals surface area contributed by atoms with Gasteiger partial charge in [-0.15, -0.1) is 0 Å². The fourth-order valence-corrected chi connectivity index (χ4v) is 2.70. The molecule has 2 atom stereocenters. The van der Waals surface area contributed by atoms with Gasteiger partial charge in [0.2, 0.25) is 0 Å². The van der Waals surface area contributed by atoms with Gasteiger partial charge in [-0.1, -0.05) is 41.9 Å². The van der Waals surface area contributed by atoms with Crippen molar-refractivity contribution < 1.29 is 9.53 Å². The number of carbonyl (C=O) groups is 1. The Balaban J connectivity index is 1.70. The molecule has 1 saturated carbocycles. The Kier molecular flexibility index (Phi) is 3.84. The fourth-order valence-electron chi connectivity index (χ4n) is 2.53. The molecule has 1 fully saturated rings. The first kappa shape index (κ1) is 14.0. The lowest BCUT2D eigenvalue weighted by Gasteiger charge is -2.09. The summed E-state index contributed by atoms with van der Waals surface area (Å²) >= 11 is 5.96. The summed E-state index contributed by atoms with van der Waals surface area (Å²) in [5.41, 5.74) is 1.74. The molecule has 0 heterocycles. The molecule has 3 rings (SSSR count). The largest absolute Gasteiger partial charge is 0.496 e. The van der Waals surface area contributed by atoms with Gasteiger partial charge in [-0.2, -0.15) is 0 Å². The third-order valence-corrected chi connectivity index (χ3v) is 3.98. The number of ether oxygens (including phenoxy) is 1. The van der Waals surface area contributed by atoms with Crippen molar-refractivity contribution >= 4 is 17.5 Å². The molecule has 1 aliphatic rings. The van der Waals surface area contributed by atoms with E-state index in [4.69, 9.17) is 16.3 Å². The van der Waals surface area contributed by atoms with Crippen molar-refractivity contribution in [2.24, 2.45) is 0 Å². The lowest BCUT2D eigenvalue weighted by atomic mass is 10.1. The van der Waals surface area contributed by atoms with Crippen LogP contribution >= 0.6 is 11.6 Å². The number of hydrogen-bond acceptors (Lipinski definition) is 2. The molecule has 0 aromatic heterocycles. The standard InChI is InChI=1S/C17H16ClNO2/c1-21-16-8-7-12(18)9-14(16)17(20)19-15-10-13(15)11-5-3-2-4-6-11/h2-9,13,15H,10H2,1H3,(H,19,20). The van der Waals surface area contributed by atoms with Crippen molar-refractivity contribution in [3.8, 4) is 5.75 Å². The first-order valence-electron chi connectivity index (χ1n) is 6.88. The number of methoxy groups -OCH3 is 1. The summed E-state index contributed by atoms with van der Waals surface area (Å²) in [5, 5.41) is 3.57. The van der Waals surface area contributed by atoms with E-state index in [9.17, 15) is 4.79 Å². The van der Waals surface area contributed by atoms with Gasteiger partial charge in [-0.05, 0) is 30.2 Å². The highest BCUT2D eigenvalue weighted by atomic mass is 35.5. The van der Waals surface area contributed by atoms with Crippen molar-refractivity contribution in [3.63, 3.8) is 0 Å². The molecule has 0 aliphatic heterocycles. The predicted molar refractivity (Wildman–Crippen MR) is 83.1 cm³/mol. The zero-order valence-corrected chi connectivity index (χ0v) is 12.4. The minimum Gasteiger partial charge on any atom is -0.496 e. The fraction of sp³-hybridized carbons (Fsp3) is 0.235. The maximum absolute atomic E-state index is 12.4. The maximum Gasteiger partial charge on any atom is 0.255 e. The van der Waals surface area contributed by atoms with E-state index < -0.39 is 0 Å². The average molecular weight is 302 g/mol. The van der Waals surface area contributed by atoms with E-state index >= 15 is 0 Å². The van der Waals surface area contributed by atoms with Crippen LogP contribution in [-0.4, -0.2) is 19.1 Å². The molecule has 1 N–H and O–H groups in total. The molecule has 0 spiro atoms. The highest BCUT2D eigenvalue weighted by molar-refractivity contribution is 6.31.